The van der Waals surface area contributed by atoms with E-state index in [2.05, 4.69) is 15.5 Å². The molecule has 30 heavy (non-hydrogen) atoms. The van der Waals surface area contributed by atoms with Gasteiger partial charge < -0.3 is 5.32 Å². The van der Waals surface area contributed by atoms with Crippen molar-refractivity contribution < 1.29 is 4.79 Å². The lowest BCUT2D eigenvalue weighted by atomic mass is 10.1. The highest BCUT2D eigenvalue weighted by molar-refractivity contribution is 6.36. The van der Waals surface area contributed by atoms with Crippen molar-refractivity contribution in [2.45, 2.75) is 6.54 Å². The Hall–Kier alpha value is -2.86. The third-order valence-electron chi connectivity index (χ3n) is 4.39. The first-order chi connectivity index (χ1) is 14.5. The van der Waals surface area contributed by atoms with Crippen LogP contribution in [0, 0.1) is 0 Å². The summed E-state index contributed by atoms with van der Waals surface area (Å²) in [5, 5.41) is 13.2. The van der Waals surface area contributed by atoms with E-state index < -0.39 is 6.03 Å². The minimum atomic E-state index is -0.453. The zero-order valence-electron chi connectivity index (χ0n) is 15.5. The third kappa shape index (κ3) is 4.49. The van der Waals surface area contributed by atoms with E-state index in [1.165, 1.54) is 0 Å². The second-order valence-corrected chi connectivity index (χ2v) is 7.74. The molecule has 0 aliphatic carbocycles. The van der Waals surface area contributed by atoms with Gasteiger partial charge >= 0.3 is 6.03 Å². The monoisotopic (exact) mass is 456 g/mol. The van der Waals surface area contributed by atoms with Gasteiger partial charge in [-0.3, -0.25) is 0 Å². The van der Waals surface area contributed by atoms with E-state index in [9.17, 15) is 4.79 Å². The average molecular weight is 458 g/mol. The fourth-order valence-electron chi connectivity index (χ4n) is 2.91. The number of nitrogens with one attached hydrogen (secondary N) is 1. The van der Waals surface area contributed by atoms with Gasteiger partial charge in [0.15, 0.2) is 0 Å². The predicted octanol–water partition coefficient (Wildman–Crippen LogP) is 6.33. The van der Waals surface area contributed by atoms with Crippen LogP contribution in [0.5, 0.6) is 0 Å². The smallest absolute Gasteiger partial charge is 0.331 e. The van der Waals surface area contributed by atoms with Crippen LogP contribution in [0.3, 0.4) is 0 Å². The van der Waals surface area contributed by atoms with E-state index in [1.807, 2.05) is 42.5 Å². The molecule has 1 amide bonds. The van der Waals surface area contributed by atoms with Crippen molar-refractivity contribution in [3.63, 3.8) is 0 Å². The van der Waals surface area contributed by atoms with Crippen LogP contribution in [0.15, 0.2) is 72.8 Å². The Morgan fingerprint density at radius 3 is 2.20 bits per heavy atom. The van der Waals surface area contributed by atoms with Crippen molar-refractivity contribution in [3.8, 4) is 22.5 Å². The van der Waals surface area contributed by atoms with Gasteiger partial charge in [-0.2, -0.15) is 0 Å². The summed E-state index contributed by atoms with van der Waals surface area (Å²) in [4.78, 5) is 13.7. The summed E-state index contributed by atoms with van der Waals surface area (Å²) in [6.45, 7) is 0.356. The molecule has 4 aromatic rings. The molecule has 0 unspecified atom stereocenters. The summed E-state index contributed by atoms with van der Waals surface area (Å²) < 4.78 is 0. The third-order valence-corrected chi connectivity index (χ3v) is 5.19. The number of rotatable bonds is 4. The number of hydrogen-bond acceptors (Lipinski definition) is 3. The molecule has 1 heterocycles. The molecule has 1 aromatic heterocycles. The second-order valence-electron chi connectivity index (χ2n) is 6.46. The van der Waals surface area contributed by atoms with Gasteiger partial charge in [0.25, 0.3) is 0 Å². The fraction of sp³-hybridized carbons (Fsp3) is 0.0455. The van der Waals surface area contributed by atoms with Crippen molar-refractivity contribution in [1.82, 2.24) is 20.3 Å². The summed E-state index contributed by atoms with van der Waals surface area (Å²) in [6.07, 6.45) is 0. The van der Waals surface area contributed by atoms with Crippen LogP contribution in [-0.2, 0) is 6.54 Å². The lowest BCUT2D eigenvalue weighted by Gasteiger charge is -2.04. The minimum absolute atomic E-state index is 0.356. The molecule has 0 radical (unpaired) electrons. The van der Waals surface area contributed by atoms with E-state index in [0.717, 1.165) is 15.9 Å². The van der Waals surface area contributed by atoms with E-state index >= 15 is 0 Å². The maximum atomic E-state index is 12.7. The van der Waals surface area contributed by atoms with E-state index in [-0.39, 0.29) is 0 Å². The van der Waals surface area contributed by atoms with Crippen molar-refractivity contribution in [2.24, 2.45) is 0 Å². The molecule has 0 aliphatic rings. The van der Waals surface area contributed by atoms with Crippen LogP contribution >= 0.6 is 34.8 Å². The maximum Gasteiger partial charge on any atom is 0.359 e. The van der Waals surface area contributed by atoms with Crippen molar-refractivity contribution in [2.75, 3.05) is 0 Å². The van der Waals surface area contributed by atoms with Gasteiger partial charge in [-0.05, 0) is 35.9 Å². The highest BCUT2D eigenvalue weighted by atomic mass is 35.5. The first-order valence-electron chi connectivity index (χ1n) is 9.02. The summed E-state index contributed by atoms with van der Waals surface area (Å²) in [5.74, 6) is 0. The number of aromatic nitrogens is 3. The molecular weight excluding hydrogens is 443 g/mol. The number of halogens is 3. The zero-order valence-corrected chi connectivity index (χ0v) is 17.8. The molecule has 0 spiro atoms. The molecule has 0 fully saturated rings. The Kier molecular flexibility index (Phi) is 6.04. The topological polar surface area (TPSA) is 59.8 Å². The molecule has 0 saturated heterocycles. The number of carbonyl (C=O) groups excluding carboxylic acids is 1. The molecule has 0 aliphatic heterocycles. The Bertz CT molecular complexity index is 1190. The molecule has 0 bridgehead atoms. The zero-order chi connectivity index (χ0) is 21.1. The highest BCUT2D eigenvalue weighted by Gasteiger charge is 2.20. The maximum absolute atomic E-state index is 12.7. The number of amides is 1. The SMILES string of the molecule is O=C(NCc1ccccc1)n1nc(-c2ccc(Cl)cc2)c(-c2ccc(Cl)cc2Cl)n1. The van der Waals surface area contributed by atoms with Gasteiger partial charge in [-0.25, -0.2) is 4.79 Å². The molecule has 150 valence electrons. The number of carbonyl (C=O) groups is 1. The van der Waals surface area contributed by atoms with E-state index in [4.69, 9.17) is 34.8 Å². The standard InChI is InChI=1S/C22H15Cl3N4O/c23-16-8-6-15(7-9-16)20-21(18-11-10-17(24)12-19(18)25)28-29(27-20)22(30)26-13-14-4-2-1-3-5-14/h1-12H,13H2,(H,26,30). The average Bonchev–Trinajstić information content (AvgIpc) is 3.18. The Morgan fingerprint density at radius 1 is 0.833 bits per heavy atom. The molecule has 3 aromatic carbocycles. The van der Waals surface area contributed by atoms with Crippen LogP contribution in [0.2, 0.25) is 15.1 Å². The van der Waals surface area contributed by atoms with Gasteiger partial charge in [0.2, 0.25) is 0 Å². The van der Waals surface area contributed by atoms with Crippen LogP contribution < -0.4 is 5.32 Å². The van der Waals surface area contributed by atoms with E-state index in [1.54, 1.807) is 30.3 Å². The van der Waals surface area contributed by atoms with Crippen molar-refractivity contribution >= 4 is 40.8 Å². The lowest BCUT2D eigenvalue weighted by Crippen LogP contribution is -2.29. The molecule has 0 atom stereocenters. The first kappa shape index (κ1) is 20.4. The second kappa shape index (κ2) is 8.88. The first-order valence-corrected chi connectivity index (χ1v) is 10.2. The summed E-state index contributed by atoms with van der Waals surface area (Å²) >= 11 is 18.4. The Morgan fingerprint density at radius 2 is 1.50 bits per heavy atom. The van der Waals surface area contributed by atoms with Crippen molar-refractivity contribution in [1.29, 1.82) is 0 Å². The van der Waals surface area contributed by atoms with Gasteiger partial charge in [-0.15, -0.1) is 10.2 Å². The number of nitrogens with zero attached hydrogens (tertiary/aromatic N) is 3. The molecule has 5 nitrogen and oxygen atoms in total. The molecule has 1 N–H and O–H groups in total. The summed E-state index contributed by atoms with van der Waals surface area (Å²) in [5.41, 5.74) is 3.31. The predicted molar refractivity (Wildman–Crippen MR) is 120 cm³/mol. The van der Waals surface area contributed by atoms with Crippen LogP contribution in [0.4, 0.5) is 4.79 Å². The minimum Gasteiger partial charge on any atom is -0.331 e. The molecular formula is C22H15Cl3N4O. The summed E-state index contributed by atoms with van der Waals surface area (Å²) in [6, 6.07) is 21.3. The van der Waals surface area contributed by atoms with E-state index in [0.29, 0.717) is 38.6 Å². The molecule has 4 rings (SSSR count). The fourth-order valence-corrected chi connectivity index (χ4v) is 3.53. The van der Waals surface area contributed by atoms with Gasteiger partial charge in [-0.1, -0.05) is 82.1 Å². The Balaban J connectivity index is 1.71. The number of hydrogen-bond donors (Lipinski definition) is 1. The van der Waals surface area contributed by atoms with Crippen LogP contribution in [0.1, 0.15) is 5.56 Å². The largest absolute Gasteiger partial charge is 0.359 e. The Labute approximate surface area is 188 Å². The lowest BCUT2D eigenvalue weighted by molar-refractivity contribution is 0.235. The van der Waals surface area contributed by atoms with Gasteiger partial charge in [0.1, 0.15) is 11.4 Å². The van der Waals surface area contributed by atoms with Gasteiger partial charge in [0, 0.05) is 27.7 Å². The van der Waals surface area contributed by atoms with Crippen LogP contribution in [-0.4, -0.2) is 21.0 Å². The molecule has 8 heteroatoms. The van der Waals surface area contributed by atoms with Crippen molar-refractivity contribution in [3.05, 3.63) is 93.4 Å². The van der Waals surface area contributed by atoms with Gasteiger partial charge in [0.05, 0.1) is 5.02 Å². The number of benzene rings is 3. The van der Waals surface area contributed by atoms with Crippen LogP contribution in [0.25, 0.3) is 22.5 Å². The highest BCUT2D eigenvalue weighted by Crippen LogP contribution is 2.35. The molecule has 0 saturated carbocycles. The quantitative estimate of drug-likeness (QED) is 0.389. The summed E-state index contributed by atoms with van der Waals surface area (Å²) in [7, 11) is 0. The normalized spacial score (nSPS) is 10.8.